The monoisotopic (exact) mass is 172 g/mol. The van der Waals surface area contributed by atoms with Crippen LogP contribution in [0.25, 0.3) is 0 Å². The second kappa shape index (κ2) is 3.10. The molecule has 0 amide bonds. The summed E-state index contributed by atoms with van der Waals surface area (Å²) in [4.78, 5) is 0. The quantitative estimate of drug-likeness (QED) is 0.651. The summed E-state index contributed by atoms with van der Waals surface area (Å²) in [5.41, 5.74) is 4.37. The van der Waals surface area contributed by atoms with E-state index in [-0.39, 0.29) is 0 Å². The third-order valence-corrected chi connectivity index (χ3v) is 2.51. The molecule has 1 heterocycles. The molecule has 0 unspecified atom stereocenters. The second-order valence-corrected chi connectivity index (χ2v) is 3.47. The molecular weight excluding hydrogens is 160 g/mol. The van der Waals surface area contributed by atoms with Gasteiger partial charge in [0.1, 0.15) is 0 Å². The van der Waals surface area contributed by atoms with Gasteiger partial charge in [-0.05, 0) is 43.0 Å². The van der Waals surface area contributed by atoms with Crippen LogP contribution >= 0.6 is 0 Å². The van der Waals surface area contributed by atoms with Gasteiger partial charge in [-0.1, -0.05) is 0 Å². The number of nitrogens with one attached hydrogen (secondary N) is 1. The fourth-order valence-corrected chi connectivity index (χ4v) is 1.75. The standard InChI is InChI=1S/C11H12N2/c1-8-5-11-9(3-2-4-13-11)6-10(8)7-12/h5-6,13H,2-4H2,1H3. The molecule has 0 aromatic heterocycles. The van der Waals surface area contributed by atoms with Gasteiger partial charge in [-0.25, -0.2) is 0 Å². The van der Waals surface area contributed by atoms with Crippen molar-refractivity contribution in [1.82, 2.24) is 0 Å². The van der Waals surface area contributed by atoms with E-state index in [0.717, 1.165) is 24.1 Å². The van der Waals surface area contributed by atoms with Crippen LogP contribution in [0.2, 0.25) is 0 Å². The van der Waals surface area contributed by atoms with Gasteiger partial charge in [0.25, 0.3) is 0 Å². The lowest BCUT2D eigenvalue weighted by Gasteiger charge is -2.18. The Morgan fingerprint density at radius 1 is 1.46 bits per heavy atom. The van der Waals surface area contributed by atoms with E-state index in [2.05, 4.69) is 17.5 Å². The normalized spacial score (nSPS) is 14.2. The zero-order chi connectivity index (χ0) is 9.26. The molecular formula is C11H12N2. The molecule has 0 saturated carbocycles. The first-order valence-corrected chi connectivity index (χ1v) is 4.59. The van der Waals surface area contributed by atoms with E-state index >= 15 is 0 Å². The number of nitriles is 1. The van der Waals surface area contributed by atoms with Crippen LogP contribution in [-0.2, 0) is 6.42 Å². The second-order valence-electron chi connectivity index (χ2n) is 3.47. The molecule has 2 rings (SSSR count). The first-order chi connectivity index (χ1) is 6.31. The Bertz CT molecular complexity index is 374. The van der Waals surface area contributed by atoms with Gasteiger partial charge in [-0.15, -0.1) is 0 Å². The minimum Gasteiger partial charge on any atom is -0.385 e. The highest BCUT2D eigenvalue weighted by atomic mass is 14.9. The highest BCUT2D eigenvalue weighted by Gasteiger charge is 2.10. The summed E-state index contributed by atoms with van der Waals surface area (Å²) in [5, 5.41) is 12.2. The molecule has 2 heteroatoms. The molecule has 0 spiro atoms. The third-order valence-electron chi connectivity index (χ3n) is 2.51. The molecule has 1 aliphatic heterocycles. The molecule has 2 nitrogen and oxygen atoms in total. The Balaban J connectivity index is 2.52. The van der Waals surface area contributed by atoms with Crippen LogP contribution < -0.4 is 5.32 Å². The van der Waals surface area contributed by atoms with Crippen LogP contribution in [0.5, 0.6) is 0 Å². The molecule has 1 aliphatic rings. The van der Waals surface area contributed by atoms with Crippen molar-refractivity contribution in [2.45, 2.75) is 19.8 Å². The summed E-state index contributed by atoms with van der Waals surface area (Å²) in [6.45, 7) is 3.04. The number of anilines is 1. The van der Waals surface area contributed by atoms with Crippen molar-refractivity contribution in [2.75, 3.05) is 11.9 Å². The number of hydrogen-bond donors (Lipinski definition) is 1. The molecule has 0 atom stereocenters. The summed E-state index contributed by atoms with van der Waals surface area (Å²) in [6.07, 6.45) is 2.26. The van der Waals surface area contributed by atoms with E-state index < -0.39 is 0 Å². The van der Waals surface area contributed by atoms with Crippen molar-refractivity contribution in [3.05, 3.63) is 28.8 Å². The fourth-order valence-electron chi connectivity index (χ4n) is 1.75. The van der Waals surface area contributed by atoms with Gasteiger partial charge in [-0.2, -0.15) is 5.26 Å². The summed E-state index contributed by atoms with van der Waals surface area (Å²) in [6, 6.07) is 6.30. The average Bonchev–Trinajstić information content (AvgIpc) is 2.17. The lowest BCUT2D eigenvalue weighted by atomic mass is 9.98. The number of hydrogen-bond acceptors (Lipinski definition) is 2. The molecule has 1 N–H and O–H groups in total. The van der Waals surface area contributed by atoms with Crippen LogP contribution in [0.3, 0.4) is 0 Å². The lowest BCUT2D eigenvalue weighted by molar-refractivity contribution is 0.829. The van der Waals surface area contributed by atoms with Crippen LogP contribution in [0, 0.1) is 18.3 Å². The van der Waals surface area contributed by atoms with Gasteiger partial charge in [0, 0.05) is 12.2 Å². The fraction of sp³-hybridized carbons (Fsp3) is 0.364. The maximum absolute atomic E-state index is 8.85. The van der Waals surface area contributed by atoms with Crippen molar-refractivity contribution in [1.29, 1.82) is 5.26 Å². The van der Waals surface area contributed by atoms with Gasteiger partial charge in [-0.3, -0.25) is 0 Å². The zero-order valence-corrected chi connectivity index (χ0v) is 7.72. The minimum absolute atomic E-state index is 0.808. The maximum Gasteiger partial charge on any atom is 0.0994 e. The number of rotatable bonds is 0. The Hall–Kier alpha value is -1.49. The molecule has 1 aromatic rings. The molecule has 1 aromatic carbocycles. The Morgan fingerprint density at radius 3 is 3.08 bits per heavy atom. The summed E-state index contributed by atoms with van der Waals surface area (Å²) < 4.78 is 0. The van der Waals surface area contributed by atoms with Crippen molar-refractivity contribution in [3.8, 4) is 6.07 Å². The van der Waals surface area contributed by atoms with E-state index in [9.17, 15) is 0 Å². The van der Waals surface area contributed by atoms with Crippen LogP contribution in [0.15, 0.2) is 12.1 Å². The van der Waals surface area contributed by atoms with Crippen molar-refractivity contribution in [3.63, 3.8) is 0 Å². The first-order valence-electron chi connectivity index (χ1n) is 4.59. The van der Waals surface area contributed by atoms with E-state index in [1.807, 2.05) is 13.0 Å². The average molecular weight is 172 g/mol. The van der Waals surface area contributed by atoms with E-state index in [1.165, 1.54) is 17.7 Å². The molecule has 0 radical (unpaired) electrons. The number of nitrogens with zero attached hydrogens (tertiary/aromatic N) is 1. The Kier molecular flexibility index (Phi) is 1.94. The summed E-state index contributed by atoms with van der Waals surface area (Å²) >= 11 is 0. The smallest absolute Gasteiger partial charge is 0.0994 e. The van der Waals surface area contributed by atoms with Crippen molar-refractivity contribution < 1.29 is 0 Å². The van der Waals surface area contributed by atoms with Crippen LogP contribution in [-0.4, -0.2) is 6.54 Å². The minimum atomic E-state index is 0.808. The predicted molar refractivity (Wildman–Crippen MR) is 52.7 cm³/mol. The first kappa shape index (κ1) is 8.12. The van der Waals surface area contributed by atoms with E-state index in [1.54, 1.807) is 0 Å². The topological polar surface area (TPSA) is 35.8 Å². The lowest BCUT2D eigenvalue weighted by Crippen LogP contribution is -2.12. The van der Waals surface area contributed by atoms with Gasteiger partial charge in [0.05, 0.1) is 11.6 Å². The molecule has 0 saturated heterocycles. The summed E-state index contributed by atoms with van der Waals surface area (Å²) in [7, 11) is 0. The van der Waals surface area contributed by atoms with E-state index in [0.29, 0.717) is 0 Å². The maximum atomic E-state index is 8.85. The van der Waals surface area contributed by atoms with Crippen molar-refractivity contribution in [2.24, 2.45) is 0 Å². The van der Waals surface area contributed by atoms with Gasteiger partial charge >= 0.3 is 0 Å². The SMILES string of the molecule is Cc1cc2c(cc1C#N)CCCN2. The largest absolute Gasteiger partial charge is 0.385 e. The molecule has 66 valence electrons. The highest BCUT2D eigenvalue weighted by molar-refractivity contribution is 5.59. The van der Waals surface area contributed by atoms with Gasteiger partial charge < -0.3 is 5.32 Å². The summed E-state index contributed by atoms with van der Waals surface area (Å²) in [5.74, 6) is 0. The zero-order valence-electron chi connectivity index (χ0n) is 7.72. The number of benzene rings is 1. The Labute approximate surface area is 78.2 Å². The number of aryl methyl sites for hydroxylation is 2. The van der Waals surface area contributed by atoms with Crippen LogP contribution in [0.1, 0.15) is 23.1 Å². The molecule has 0 aliphatic carbocycles. The third kappa shape index (κ3) is 1.38. The molecule has 0 bridgehead atoms. The Morgan fingerprint density at radius 2 is 2.31 bits per heavy atom. The number of fused-ring (bicyclic) bond motifs is 1. The highest BCUT2D eigenvalue weighted by Crippen LogP contribution is 2.25. The van der Waals surface area contributed by atoms with Gasteiger partial charge in [0.2, 0.25) is 0 Å². The molecule has 13 heavy (non-hydrogen) atoms. The molecule has 0 fully saturated rings. The van der Waals surface area contributed by atoms with Crippen molar-refractivity contribution >= 4 is 5.69 Å². The van der Waals surface area contributed by atoms with Crippen LogP contribution in [0.4, 0.5) is 5.69 Å². The predicted octanol–water partition coefficient (Wildman–Crippen LogP) is 2.22. The van der Waals surface area contributed by atoms with E-state index in [4.69, 9.17) is 5.26 Å². The van der Waals surface area contributed by atoms with Gasteiger partial charge in [0.15, 0.2) is 0 Å².